The van der Waals surface area contributed by atoms with Crippen LogP contribution < -0.4 is 10.1 Å². The van der Waals surface area contributed by atoms with Crippen molar-refractivity contribution in [3.05, 3.63) is 58.7 Å². The quantitative estimate of drug-likeness (QED) is 0.345. The van der Waals surface area contributed by atoms with Crippen LogP contribution >= 0.6 is 18.9 Å². The Morgan fingerprint density at radius 1 is 1.14 bits per heavy atom. The lowest BCUT2D eigenvalue weighted by Crippen LogP contribution is -2.58. The Labute approximate surface area is 247 Å². The SMILES string of the molecule is COc1ccncc1C1CN(C(=O)[C@@H]2CC[C@@H]3CCC[C@H](NC(=O)c4cc5cc(CP(=O)(O)O)ccc5s4)C(=O)N32)C1. The molecule has 0 bridgehead atoms. The number of hydrogen-bond acceptors (Lipinski definition) is 7. The Kier molecular flexibility index (Phi) is 7.82. The molecule has 3 aliphatic heterocycles. The molecule has 0 aliphatic carbocycles. The van der Waals surface area contributed by atoms with Gasteiger partial charge in [0.2, 0.25) is 11.8 Å². The molecule has 1 aromatic carbocycles. The van der Waals surface area contributed by atoms with Crippen molar-refractivity contribution in [2.75, 3.05) is 20.2 Å². The van der Waals surface area contributed by atoms with Gasteiger partial charge in [-0.05, 0) is 67.3 Å². The number of aromatic nitrogens is 1. The first-order valence-corrected chi connectivity index (χ1v) is 16.7. The fraction of sp³-hybridized carbons (Fsp3) is 0.448. The summed E-state index contributed by atoms with van der Waals surface area (Å²) in [6.45, 7) is 1.10. The summed E-state index contributed by atoms with van der Waals surface area (Å²) in [5.74, 6) is 0.258. The van der Waals surface area contributed by atoms with E-state index in [1.807, 2.05) is 6.07 Å². The van der Waals surface area contributed by atoms with E-state index < -0.39 is 19.7 Å². The van der Waals surface area contributed by atoms with Crippen molar-refractivity contribution in [2.24, 2.45) is 0 Å². The summed E-state index contributed by atoms with van der Waals surface area (Å²) < 4.78 is 17.7. The van der Waals surface area contributed by atoms with E-state index in [-0.39, 0.29) is 35.8 Å². The summed E-state index contributed by atoms with van der Waals surface area (Å²) in [5, 5.41) is 3.63. The smallest absolute Gasteiger partial charge is 0.329 e. The van der Waals surface area contributed by atoms with Gasteiger partial charge in [0.15, 0.2) is 0 Å². The van der Waals surface area contributed by atoms with Crippen LogP contribution in [0.1, 0.15) is 58.8 Å². The number of thiophene rings is 1. The normalized spacial score (nSPS) is 22.9. The fourth-order valence-corrected chi connectivity index (χ4v) is 8.08. The second kappa shape index (κ2) is 11.4. The van der Waals surface area contributed by atoms with Crippen LogP contribution in [-0.2, 0) is 20.3 Å². The maximum absolute atomic E-state index is 13.8. The number of ether oxygens (including phenoxy) is 1. The minimum absolute atomic E-state index is 0.0133. The second-order valence-corrected chi connectivity index (χ2v) is 14.0. The predicted octanol–water partition coefficient (Wildman–Crippen LogP) is 3.25. The maximum Gasteiger partial charge on any atom is 0.329 e. The van der Waals surface area contributed by atoms with Gasteiger partial charge in [0.05, 0.1) is 18.1 Å². The van der Waals surface area contributed by atoms with E-state index in [0.717, 1.165) is 35.3 Å². The first-order chi connectivity index (χ1) is 20.1. The topological polar surface area (TPSA) is 149 Å². The van der Waals surface area contributed by atoms with Crippen LogP contribution in [0.15, 0.2) is 42.7 Å². The zero-order valence-corrected chi connectivity index (χ0v) is 24.9. The highest BCUT2D eigenvalue weighted by molar-refractivity contribution is 7.50. The lowest BCUT2D eigenvalue weighted by Gasteiger charge is -2.42. The summed E-state index contributed by atoms with van der Waals surface area (Å²) >= 11 is 1.26. The Hall–Kier alpha value is -3.31. The number of pyridine rings is 1. The summed E-state index contributed by atoms with van der Waals surface area (Å²) in [6.07, 6.45) is 6.53. The zero-order valence-electron chi connectivity index (χ0n) is 23.1. The number of amides is 3. The van der Waals surface area contributed by atoms with E-state index in [1.54, 1.807) is 53.6 Å². The number of methoxy groups -OCH3 is 1. The molecule has 0 spiro atoms. The van der Waals surface area contributed by atoms with Crippen LogP contribution in [0.4, 0.5) is 0 Å². The van der Waals surface area contributed by atoms with Gasteiger partial charge < -0.3 is 29.6 Å². The lowest BCUT2D eigenvalue weighted by molar-refractivity contribution is -0.148. The number of fused-ring (bicyclic) bond motifs is 2. The van der Waals surface area contributed by atoms with E-state index >= 15 is 0 Å². The number of rotatable bonds is 7. The van der Waals surface area contributed by atoms with Gasteiger partial charge in [-0.1, -0.05) is 6.07 Å². The fourth-order valence-electron chi connectivity index (χ4n) is 6.46. The molecule has 222 valence electrons. The van der Waals surface area contributed by atoms with Gasteiger partial charge in [-0.15, -0.1) is 11.3 Å². The molecule has 3 atom stereocenters. The Bertz CT molecular complexity index is 1580. The highest BCUT2D eigenvalue weighted by Crippen LogP contribution is 2.40. The standard InChI is InChI=1S/C29H33N4O7PS/c1-40-24-9-10-30-13-21(24)19-14-32(15-19)29(36)23-7-6-20-3-2-4-22(28(35)33(20)23)31-27(34)26-12-18-11-17(16-41(37,38)39)5-8-25(18)42-26/h5,8-13,19-20,22-23H,2-4,6-7,14-16H2,1H3,(H,31,34)(H2,37,38,39)/t20-,22-,23-/m0/s1. The number of carbonyl (C=O) groups excluding carboxylic acids is 3. The number of benzene rings is 1. The van der Waals surface area contributed by atoms with E-state index in [1.165, 1.54) is 11.3 Å². The van der Waals surface area contributed by atoms with Crippen LogP contribution in [0.5, 0.6) is 5.75 Å². The van der Waals surface area contributed by atoms with Crippen molar-refractivity contribution < 1.29 is 33.5 Å². The minimum Gasteiger partial charge on any atom is -0.496 e. The number of hydrogen-bond donors (Lipinski definition) is 3. The van der Waals surface area contributed by atoms with Gasteiger partial charge in [0, 0.05) is 47.7 Å². The molecule has 3 fully saturated rings. The third-order valence-corrected chi connectivity index (χ3v) is 10.4. The lowest BCUT2D eigenvalue weighted by atomic mass is 9.91. The number of nitrogens with one attached hydrogen (secondary N) is 1. The van der Waals surface area contributed by atoms with E-state index in [0.29, 0.717) is 41.8 Å². The average molecular weight is 613 g/mol. The predicted molar refractivity (Wildman–Crippen MR) is 156 cm³/mol. The Morgan fingerprint density at radius 2 is 1.95 bits per heavy atom. The molecule has 0 saturated carbocycles. The van der Waals surface area contributed by atoms with Gasteiger partial charge in [-0.3, -0.25) is 23.9 Å². The van der Waals surface area contributed by atoms with Gasteiger partial charge in [0.1, 0.15) is 17.8 Å². The van der Waals surface area contributed by atoms with Gasteiger partial charge >= 0.3 is 7.60 Å². The number of nitrogens with zero attached hydrogens (tertiary/aromatic N) is 3. The molecule has 3 N–H and O–H groups in total. The molecule has 13 heteroatoms. The summed E-state index contributed by atoms with van der Waals surface area (Å²) in [6, 6.07) is 7.29. The van der Waals surface area contributed by atoms with Gasteiger partial charge in [-0.2, -0.15) is 0 Å². The van der Waals surface area contributed by atoms with Crippen LogP contribution in [0.3, 0.4) is 0 Å². The molecule has 3 aromatic rings. The highest BCUT2D eigenvalue weighted by Gasteiger charge is 2.47. The molecular formula is C29H33N4O7PS. The number of carbonyl (C=O) groups is 3. The molecule has 3 saturated heterocycles. The zero-order chi connectivity index (χ0) is 29.6. The van der Waals surface area contributed by atoms with Crippen molar-refractivity contribution in [1.29, 1.82) is 0 Å². The third-order valence-electron chi connectivity index (χ3n) is 8.53. The van der Waals surface area contributed by atoms with Crippen molar-refractivity contribution in [2.45, 2.75) is 62.3 Å². The molecule has 5 heterocycles. The molecule has 3 aliphatic rings. The van der Waals surface area contributed by atoms with E-state index in [2.05, 4.69) is 10.3 Å². The molecule has 0 unspecified atom stereocenters. The van der Waals surface area contributed by atoms with Crippen molar-refractivity contribution in [3.8, 4) is 5.75 Å². The second-order valence-electron chi connectivity index (χ2n) is 11.3. The Morgan fingerprint density at radius 3 is 2.71 bits per heavy atom. The summed E-state index contributed by atoms with van der Waals surface area (Å²) in [4.78, 5) is 67.4. The summed E-state index contributed by atoms with van der Waals surface area (Å²) in [5.41, 5.74) is 1.46. The van der Waals surface area contributed by atoms with Crippen molar-refractivity contribution in [3.63, 3.8) is 0 Å². The number of likely N-dealkylation sites (tertiary alicyclic amines) is 1. The van der Waals surface area contributed by atoms with E-state index in [9.17, 15) is 28.7 Å². The monoisotopic (exact) mass is 612 g/mol. The molecule has 42 heavy (non-hydrogen) atoms. The average Bonchev–Trinajstić information content (AvgIpc) is 3.51. The molecule has 3 amide bonds. The van der Waals surface area contributed by atoms with Crippen LogP contribution in [-0.4, -0.2) is 80.6 Å². The molecule has 11 nitrogen and oxygen atoms in total. The summed E-state index contributed by atoms with van der Waals surface area (Å²) in [7, 11) is -2.60. The highest BCUT2D eigenvalue weighted by atomic mass is 32.1. The van der Waals surface area contributed by atoms with Crippen molar-refractivity contribution in [1.82, 2.24) is 20.1 Å². The van der Waals surface area contributed by atoms with Crippen molar-refractivity contribution >= 4 is 46.7 Å². The van der Waals surface area contributed by atoms with Gasteiger partial charge in [0.25, 0.3) is 5.91 Å². The molecule has 0 radical (unpaired) electrons. The Balaban J connectivity index is 1.13. The van der Waals surface area contributed by atoms with E-state index in [4.69, 9.17) is 4.74 Å². The van der Waals surface area contributed by atoms with Gasteiger partial charge in [-0.25, -0.2) is 0 Å². The van der Waals surface area contributed by atoms with Crippen LogP contribution in [0.2, 0.25) is 0 Å². The maximum atomic E-state index is 13.8. The molecule has 6 rings (SSSR count). The van der Waals surface area contributed by atoms with Crippen LogP contribution in [0, 0.1) is 0 Å². The first kappa shape index (κ1) is 28.8. The minimum atomic E-state index is -4.21. The largest absolute Gasteiger partial charge is 0.496 e. The van der Waals surface area contributed by atoms with Crippen LogP contribution in [0.25, 0.3) is 10.1 Å². The molecule has 2 aromatic heterocycles. The molecular weight excluding hydrogens is 579 g/mol. The first-order valence-electron chi connectivity index (χ1n) is 14.1. The third kappa shape index (κ3) is 5.68.